The third-order valence-corrected chi connectivity index (χ3v) is 10.4. The van der Waals surface area contributed by atoms with Gasteiger partial charge in [-0.3, -0.25) is 0 Å². The van der Waals surface area contributed by atoms with Gasteiger partial charge in [0.25, 0.3) is 0 Å². The van der Waals surface area contributed by atoms with E-state index in [4.69, 9.17) is 13.8 Å². The molecule has 8 aromatic carbocycles. The number of nitrogens with zero attached hydrogens (tertiary/aromatic N) is 3. The van der Waals surface area contributed by atoms with Crippen molar-refractivity contribution in [3.05, 3.63) is 188 Å². The monoisotopic (exact) mass is 693 g/mol. The highest BCUT2D eigenvalue weighted by molar-refractivity contribution is 6.17. The van der Waals surface area contributed by atoms with E-state index in [9.17, 15) is 0 Å². The number of hydrogen-bond donors (Lipinski definition) is 0. The summed E-state index contributed by atoms with van der Waals surface area (Å²) in [5.74, 6) is 0.593. The van der Waals surface area contributed by atoms with Crippen molar-refractivity contribution in [2.45, 2.75) is 0 Å². The van der Waals surface area contributed by atoms with Crippen LogP contribution in [0.5, 0.6) is 0 Å². The molecule has 0 radical (unpaired) electrons. The summed E-state index contributed by atoms with van der Waals surface area (Å²) in [6.45, 7) is 0. The van der Waals surface area contributed by atoms with Gasteiger partial charge in [-0.05, 0) is 90.0 Å². The van der Waals surface area contributed by atoms with Gasteiger partial charge >= 0.3 is 0 Å². The topological polar surface area (TPSA) is 47.3 Å². The molecular weight excluding hydrogens is 663 g/mol. The van der Waals surface area contributed by atoms with Crippen molar-refractivity contribution in [2.24, 2.45) is 0 Å². The van der Waals surface area contributed by atoms with Gasteiger partial charge in [0, 0.05) is 50.2 Å². The maximum atomic E-state index is 6.47. The first kappa shape index (κ1) is 30.3. The molecule has 254 valence electrons. The van der Waals surface area contributed by atoms with Crippen molar-refractivity contribution >= 4 is 71.9 Å². The predicted molar refractivity (Wildman–Crippen MR) is 221 cm³/mol. The minimum Gasteiger partial charge on any atom is -0.456 e. The molecule has 3 aromatic heterocycles. The number of fused-ring (bicyclic) bond motifs is 7. The van der Waals surface area contributed by atoms with E-state index < -0.39 is 0 Å². The summed E-state index contributed by atoms with van der Waals surface area (Å²) in [4.78, 5) is 7.27. The molecule has 5 nitrogen and oxygen atoms in total. The zero-order valence-electron chi connectivity index (χ0n) is 29.1. The highest BCUT2D eigenvalue weighted by Gasteiger charge is 2.23. The van der Waals surface area contributed by atoms with E-state index in [0.717, 1.165) is 72.4 Å². The van der Waals surface area contributed by atoms with Crippen LogP contribution < -0.4 is 4.90 Å². The van der Waals surface area contributed by atoms with E-state index in [1.807, 2.05) is 36.4 Å². The lowest BCUT2D eigenvalue weighted by Gasteiger charge is -2.27. The Kier molecular flexibility index (Phi) is 6.79. The fourth-order valence-electron chi connectivity index (χ4n) is 7.95. The number of oxazole rings is 1. The van der Waals surface area contributed by atoms with Crippen molar-refractivity contribution < 1.29 is 8.83 Å². The number of furan rings is 1. The average molecular weight is 694 g/mol. The Morgan fingerprint density at radius 2 is 1.09 bits per heavy atom. The molecule has 11 aromatic rings. The van der Waals surface area contributed by atoms with Crippen molar-refractivity contribution in [1.82, 2.24) is 9.55 Å². The Morgan fingerprint density at radius 3 is 1.93 bits per heavy atom. The zero-order valence-corrected chi connectivity index (χ0v) is 29.1. The molecule has 0 spiro atoms. The summed E-state index contributed by atoms with van der Waals surface area (Å²) in [5.41, 5.74) is 12.9. The van der Waals surface area contributed by atoms with E-state index in [2.05, 4.69) is 161 Å². The van der Waals surface area contributed by atoms with Crippen LogP contribution >= 0.6 is 0 Å². The van der Waals surface area contributed by atoms with Crippen LogP contribution in [0.4, 0.5) is 17.1 Å². The van der Waals surface area contributed by atoms with E-state index in [1.54, 1.807) is 0 Å². The molecule has 0 unspecified atom stereocenters. The molecule has 3 heterocycles. The molecule has 0 fully saturated rings. The Morgan fingerprint density at radius 1 is 0.426 bits per heavy atom. The lowest BCUT2D eigenvalue weighted by molar-refractivity contribution is 0.617. The number of anilines is 3. The van der Waals surface area contributed by atoms with E-state index in [0.29, 0.717) is 11.5 Å². The number of para-hydroxylation sites is 2. The molecule has 0 atom stereocenters. The maximum Gasteiger partial charge on any atom is 0.227 e. The summed E-state index contributed by atoms with van der Waals surface area (Å²) < 4.78 is 15.0. The molecule has 0 aliphatic heterocycles. The van der Waals surface area contributed by atoms with Gasteiger partial charge in [-0.2, -0.15) is 0 Å². The summed E-state index contributed by atoms with van der Waals surface area (Å²) in [6.07, 6.45) is 0. The molecule has 0 amide bonds. The second-order valence-electron chi connectivity index (χ2n) is 13.6. The van der Waals surface area contributed by atoms with E-state index in [1.165, 1.54) is 16.3 Å². The first-order valence-electron chi connectivity index (χ1n) is 18.1. The van der Waals surface area contributed by atoms with Crippen LogP contribution in [0.25, 0.3) is 83.1 Å². The van der Waals surface area contributed by atoms with Crippen LogP contribution in [0, 0.1) is 0 Å². The average Bonchev–Trinajstić information content (AvgIpc) is 3.92. The molecule has 5 heteroatoms. The first-order valence-corrected chi connectivity index (χ1v) is 18.1. The number of benzene rings is 8. The van der Waals surface area contributed by atoms with Gasteiger partial charge in [-0.25, -0.2) is 4.98 Å². The van der Waals surface area contributed by atoms with Crippen LogP contribution in [-0.4, -0.2) is 9.55 Å². The zero-order chi connectivity index (χ0) is 35.6. The second kappa shape index (κ2) is 12.1. The van der Waals surface area contributed by atoms with E-state index >= 15 is 0 Å². The van der Waals surface area contributed by atoms with Crippen LogP contribution in [0.1, 0.15) is 0 Å². The Labute approximate surface area is 310 Å². The van der Waals surface area contributed by atoms with Crippen LogP contribution in [0.3, 0.4) is 0 Å². The maximum absolute atomic E-state index is 6.47. The van der Waals surface area contributed by atoms with Crippen molar-refractivity contribution in [3.63, 3.8) is 0 Å². The standard InChI is InChI=1S/C49H31N3O2/c1-4-14-32(15-5-1)34-18-12-21-36(28-34)51(43-24-13-25-44-48(43)38-22-10-11-23-42(38)52(44)35-19-8-3-9-20-35)37-26-27-45-39(29-37)40-30-41-47(31-46(40)53-45)54-49(50-41)33-16-6-2-7-17-33/h1-31H. The smallest absolute Gasteiger partial charge is 0.227 e. The largest absolute Gasteiger partial charge is 0.456 e. The molecule has 0 saturated heterocycles. The van der Waals surface area contributed by atoms with Crippen molar-refractivity contribution in [1.29, 1.82) is 0 Å². The second-order valence-corrected chi connectivity index (χ2v) is 13.6. The first-order chi connectivity index (χ1) is 26.8. The summed E-state index contributed by atoms with van der Waals surface area (Å²) in [5, 5.41) is 4.37. The highest BCUT2D eigenvalue weighted by Crippen LogP contribution is 2.46. The Hall–Kier alpha value is -7.37. The quantitative estimate of drug-likeness (QED) is 0.174. The number of hydrogen-bond acceptors (Lipinski definition) is 4. The van der Waals surface area contributed by atoms with Gasteiger partial charge in [-0.15, -0.1) is 0 Å². The molecule has 11 rings (SSSR count). The normalized spacial score (nSPS) is 11.7. The summed E-state index contributed by atoms with van der Waals surface area (Å²) >= 11 is 0. The van der Waals surface area contributed by atoms with Crippen LogP contribution in [0.15, 0.2) is 197 Å². The van der Waals surface area contributed by atoms with Gasteiger partial charge in [0.1, 0.15) is 16.7 Å². The van der Waals surface area contributed by atoms with Gasteiger partial charge < -0.3 is 18.3 Å². The minimum absolute atomic E-state index is 0.593. The van der Waals surface area contributed by atoms with Crippen LogP contribution in [-0.2, 0) is 0 Å². The van der Waals surface area contributed by atoms with Gasteiger partial charge in [-0.1, -0.05) is 103 Å². The predicted octanol–water partition coefficient (Wildman–Crippen LogP) is 13.6. The lowest BCUT2D eigenvalue weighted by atomic mass is 10.0. The number of rotatable bonds is 6. The van der Waals surface area contributed by atoms with Gasteiger partial charge in [0.15, 0.2) is 5.58 Å². The third-order valence-electron chi connectivity index (χ3n) is 10.4. The third kappa shape index (κ3) is 4.83. The Bertz CT molecular complexity index is 3160. The fraction of sp³-hybridized carbons (Fsp3) is 0. The summed E-state index contributed by atoms with van der Waals surface area (Å²) in [7, 11) is 0. The lowest BCUT2D eigenvalue weighted by Crippen LogP contribution is -2.10. The van der Waals surface area contributed by atoms with Crippen LogP contribution in [0.2, 0.25) is 0 Å². The van der Waals surface area contributed by atoms with Gasteiger partial charge in [0.05, 0.1) is 16.7 Å². The van der Waals surface area contributed by atoms with Crippen molar-refractivity contribution in [3.8, 4) is 28.3 Å². The molecule has 0 N–H and O–H groups in total. The van der Waals surface area contributed by atoms with E-state index in [-0.39, 0.29) is 0 Å². The molecule has 0 bridgehead atoms. The highest BCUT2D eigenvalue weighted by atomic mass is 16.4. The Balaban J connectivity index is 1.16. The summed E-state index contributed by atoms with van der Waals surface area (Å²) in [6, 6.07) is 65.8. The fourth-order valence-corrected chi connectivity index (χ4v) is 7.95. The SMILES string of the molecule is c1ccc(-c2cccc(N(c3ccc4oc5cc6oc(-c7ccccc7)nc6cc5c4c3)c3cccc4c3c3ccccc3n4-c3ccccc3)c2)cc1. The molecule has 0 aliphatic carbocycles. The molecule has 54 heavy (non-hydrogen) atoms. The molecule has 0 aliphatic rings. The number of aromatic nitrogens is 2. The van der Waals surface area contributed by atoms with Gasteiger partial charge in [0.2, 0.25) is 5.89 Å². The van der Waals surface area contributed by atoms with Crippen molar-refractivity contribution in [2.75, 3.05) is 4.90 Å². The molecule has 0 saturated carbocycles. The minimum atomic E-state index is 0.593. The molecular formula is C49H31N3O2.